The van der Waals surface area contributed by atoms with E-state index in [2.05, 4.69) is 20.7 Å². The fraction of sp³-hybridized carbons (Fsp3) is 0.333. The SMILES string of the molecule is COC(=O)C1C(=O)Nc2cc3c(cc21)NC(C)N3. The highest BCUT2D eigenvalue weighted by atomic mass is 16.5. The summed E-state index contributed by atoms with van der Waals surface area (Å²) in [6.07, 6.45) is 0.134. The van der Waals surface area contributed by atoms with Gasteiger partial charge in [0.25, 0.3) is 0 Å². The lowest BCUT2D eigenvalue weighted by molar-refractivity contribution is -0.144. The topological polar surface area (TPSA) is 79.5 Å². The maximum atomic E-state index is 11.8. The molecule has 0 bridgehead atoms. The molecule has 2 unspecified atom stereocenters. The van der Waals surface area contributed by atoms with Crippen LogP contribution in [0.15, 0.2) is 12.1 Å². The number of carbonyl (C=O) groups is 2. The molecule has 6 heteroatoms. The number of hydrogen-bond acceptors (Lipinski definition) is 5. The predicted molar refractivity (Wildman–Crippen MR) is 66.5 cm³/mol. The molecule has 0 saturated carbocycles. The first kappa shape index (κ1) is 10.9. The fourth-order valence-corrected chi connectivity index (χ4v) is 2.40. The Bertz CT molecular complexity index is 556. The Morgan fingerprint density at radius 1 is 1.22 bits per heavy atom. The zero-order chi connectivity index (χ0) is 12.9. The van der Waals surface area contributed by atoms with Crippen LogP contribution in [0.25, 0.3) is 0 Å². The Balaban J connectivity index is 2.06. The van der Waals surface area contributed by atoms with E-state index in [0.29, 0.717) is 11.3 Å². The molecule has 2 heterocycles. The van der Waals surface area contributed by atoms with Crippen LogP contribution in [-0.2, 0) is 14.3 Å². The highest BCUT2D eigenvalue weighted by molar-refractivity contribution is 6.15. The maximum absolute atomic E-state index is 11.8. The number of ether oxygens (including phenoxy) is 1. The van der Waals surface area contributed by atoms with Gasteiger partial charge in [-0.1, -0.05) is 0 Å². The average molecular weight is 247 g/mol. The van der Waals surface area contributed by atoms with Crippen molar-refractivity contribution in [2.75, 3.05) is 23.1 Å². The van der Waals surface area contributed by atoms with Crippen LogP contribution in [-0.4, -0.2) is 25.2 Å². The van der Waals surface area contributed by atoms with E-state index in [1.165, 1.54) is 7.11 Å². The van der Waals surface area contributed by atoms with Gasteiger partial charge < -0.3 is 20.7 Å². The van der Waals surface area contributed by atoms with Gasteiger partial charge >= 0.3 is 5.97 Å². The summed E-state index contributed by atoms with van der Waals surface area (Å²) in [6.45, 7) is 1.99. The van der Waals surface area contributed by atoms with Crippen molar-refractivity contribution in [1.29, 1.82) is 0 Å². The molecule has 0 spiro atoms. The molecule has 2 atom stereocenters. The minimum absolute atomic E-state index is 0.134. The van der Waals surface area contributed by atoms with Crippen molar-refractivity contribution in [2.45, 2.75) is 19.0 Å². The summed E-state index contributed by atoms with van der Waals surface area (Å²) in [5, 5.41) is 9.14. The van der Waals surface area contributed by atoms with Crippen molar-refractivity contribution in [3.8, 4) is 0 Å². The van der Waals surface area contributed by atoms with Gasteiger partial charge in [-0.25, -0.2) is 0 Å². The molecule has 0 fully saturated rings. The predicted octanol–water partition coefficient (Wildman–Crippen LogP) is 1.08. The number of anilines is 3. The van der Waals surface area contributed by atoms with Crippen molar-refractivity contribution in [2.24, 2.45) is 0 Å². The van der Waals surface area contributed by atoms with Crippen LogP contribution >= 0.6 is 0 Å². The number of esters is 1. The number of fused-ring (bicyclic) bond motifs is 2. The summed E-state index contributed by atoms with van der Waals surface area (Å²) in [5.41, 5.74) is 3.14. The molecule has 3 N–H and O–H groups in total. The Morgan fingerprint density at radius 2 is 1.89 bits per heavy atom. The molecule has 0 radical (unpaired) electrons. The van der Waals surface area contributed by atoms with Crippen molar-refractivity contribution >= 4 is 28.9 Å². The monoisotopic (exact) mass is 247 g/mol. The molecule has 6 nitrogen and oxygen atoms in total. The second-order valence-electron chi connectivity index (χ2n) is 4.44. The summed E-state index contributed by atoms with van der Waals surface area (Å²) in [7, 11) is 1.28. The molecule has 3 rings (SSSR count). The number of hydrogen-bond donors (Lipinski definition) is 3. The third-order valence-corrected chi connectivity index (χ3v) is 3.20. The maximum Gasteiger partial charge on any atom is 0.322 e. The molecule has 0 saturated heterocycles. The molecule has 0 aliphatic carbocycles. The first-order valence-corrected chi connectivity index (χ1v) is 5.70. The molecule has 1 aromatic rings. The number of nitrogens with one attached hydrogen (secondary N) is 3. The lowest BCUT2D eigenvalue weighted by atomic mass is 10.00. The van der Waals surface area contributed by atoms with Gasteiger partial charge in [0.15, 0.2) is 5.92 Å². The average Bonchev–Trinajstić information content (AvgIpc) is 2.82. The number of carbonyl (C=O) groups excluding carboxylic acids is 2. The summed E-state index contributed by atoms with van der Waals surface area (Å²) >= 11 is 0. The third kappa shape index (κ3) is 1.42. The number of benzene rings is 1. The Hall–Kier alpha value is -2.24. The minimum Gasteiger partial charge on any atom is -0.468 e. The Labute approximate surface area is 104 Å². The quantitative estimate of drug-likeness (QED) is 0.511. The second kappa shape index (κ2) is 3.63. The number of methoxy groups -OCH3 is 1. The van der Waals surface area contributed by atoms with Crippen LogP contribution in [0.5, 0.6) is 0 Å². The molecular weight excluding hydrogens is 234 g/mol. The van der Waals surface area contributed by atoms with Crippen molar-refractivity contribution < 1.29 is 14.3 Å². The summed E-state index contributed by atoms with van der Waals surface area (Å²) in [6, 6.07) is 3.66. The summed E-state index contributed by atoms with van der Waals surface area (Å²) < 4.78 is 4.67. The highest BCUT2D eigenvalue weighted by Crippen LogP contribution is 2.41. The second-order valence-corrected chi connectivity index (χ2v) is 4.44. The molecule has 2 aliphatic heterocycles. The fourth-order valence-electron chi connectivity index (χ4n) is 2.40. The van der Waals surface area contributed by atoms with Crippen LogP contribution in [0.2, 0.25) is 0 Å². The lowest BCUT2D eigenvalue weighted by Gasteiger charge is -2.07. The van der Waals surface area contributed by atoms with E-state index in [9.17, 15) is 9.59 Å². The number of rotatable bonds is 1. The molecule has 1 aromatic carbocycles. The molecule has 18 heavy (non-hydrogen) atoms. The molecule has 0 aromatic heterocycles. The molecule has 94 valence electrons. The molecule has 2 aliphatic rings. The van der Waals surface area contributed by atoms with E-state index >= 15 is 0 Å². The Morgan fingerprint density at radius 3 is 2.56 bits per heavy atom. The van der Waals surface area contributed by atoms with Crippen molar-refractivity contribution in [3.63, 3.8) is 0 Å². The van der Waals surface area contributed by atoms with E-state index in [1.54, 1.807) is 0 Å². The van der Waals surface area contributed by atoms with Gasteiger partial charge in [0.1, 0.15) is 0 Å². The summed E-state index contributed by atoms with van der Waals surface area (Å²) in [5.74, 6) is -1.74. The van der Waals surface area contributed by atoms with Crippen molar-refractivity contribution in [1.82, 2.24) is 0 Å². The summed E-state index contributed by atoms with van der Waals surface area (Å²) in [4.78, 5) is 23.4. The zero-order valence-corrected chi connectivity index (χ0v) is 10.0. The van der Waals surface area contributed by atoms with Gasteiger partial charge in [-0.2, -0.15) is 0 Å². The van der Waals surface area contributed by atoms with Crippen LogP contribution in [0, 0.1) is 0 Å². The number of amides is 1. The van der Waals surface area contributed by atoms with Gasteiger partial charge in [-0.05, 0) is 19.1 Å². The van der Waals surface area contributed by atoms with Gasteiger partial charge in [-0.3, -0.25) is 9.59 Å². The molecular formula is C12H13N3O3. The van der Waals surface area contributed by atoms with E-state index in [1.807, 2.05) is 19.1 Å². The van der Waals surface area contributed by atoms with E-state index in [4.69, 9.17) is 0 Å². The smallest absolute Gasteiger partial charge is 0.322 e. The van der Waals surface area contributed by atoms with Crippen LogP contribution < -0.4 is 16.0 Å². The van der Waals surface area contributed by atoms with Crippen molar-refractivity contribution in [3.05, 3.63) is 17.7 Å². The van der Waals surface area contributed by atoms with Crippen LogP contribution in [0.3, 0.4) is 0 Å². The standard InChI is InChI=1S/C12H13N3O3/c1-5-13-8-3-6-7(4-9(8)14-5)15-11(16)10(6)12(17)18-2/h3-5,10,13-14H,1-2H3,(H,15,16). The first-order valence-electron chi connectivity index (χ1n) is 5.70. The normalized spacial score (nSPS) is 23.6. The molecule has 1 amide bonds. The van der Waals surface area contributed by atoms with E-state index < -0.39 is 11.9 Å². The van der Waals surface area contributed by atoms with Crippen LogP contribution in [0.4, 0.5) is 17.1 Å². The Kier molecular flexibility index (Phi) is 2.19. The zero-order valence-electron chi connectivity index (χ0n) is 10.0. The van der Waals surface area contributed by atoms with Gasteiger partial charge in [-0.15, -0.1) is 0 Å². The van der Waals surface area contributed by atoms with Gasteiger partial charge in [0, 0.05) is 11.3 Å². The lowest BCUT2D eigenvalue weighted by Crippen LogP contribution is -2.22. The van der Waals surface area contributed by atoms with Crippen LogP contribution in [0.1, 0.15) is 18.4 Å². The first-order chi connectivity index (χ1) is 8.60. The van der Waals surface area contributed by atoms with E-state index in [0.717, 1.165) is 11.4 Å². The van der Waals surface area contributed by atoms with Gasteiger partial charge in [0.2, 0.25) is 5.91 Å². The van der Waals surface area contributed by atoms with E-state index in [-0.39, 0.29) is 12.1 Å². The minimum atomic E-state index is -0.868. The third-order valence-electron chi connectivity index (χ3n) is 3.20. The highest BCUT2D eigenvalue weighted by Gasteiger charge is 2.38. The van der Waals surface area contributed by atoms with Gasteiger partial charge in [0.05, 0.1) is 24.7 Å². The largest absolute Gasteiger partial charge is 0.468 e.